The number of carbonyl (C=O) groups is 2. The maximum Gasteiger partial charge on any atom is 0.323 e. The first-order valence-corrected chi connectivity index (χ1v) is 8.95. The summed E-state index contributed by atoms with van der Waals surface area (Å²) in [5.74, 6) is -0.0966. The summed E-state index contributed by atoms with van der Waals surface area (Å²) in [5.41, 5.74) is 2.51. The van der Waals surface area contributed by atoms with E-state index in [-0.39, 0.29) is 11.9 Å². The molecule has 1 aliphatic heterocycles. The van der Waals surface area contributed by atoms with Gasteiger partial charge in [-0.05, 0) is 29.5 Å². The van der Waals surface area contributed by atoms with Gasteiger partial charge in [-0.25, -0.2) is 0 Å². The molecule has 0 amide bonds. The largest absolute Gasteiger partial charge is 0.465 e. The Kier molecular flexibility index (Phi) is 6.96. The summed E-state index contributed by atoms with van der Waals surface area (Å²) in [6.07, 6.45) is 6.87. The molecule has 4 nitrogen and oxygen atoms in total. The lowest BCUT2D eigenvalue weighted by Gasteiger charge is -2.11. The van der Waals surface area contributed by atoms with Crippen LogP contribution in [0.15, 0.2) is 55.2 Å². The van der Waals surface area contributed by atoms with Crippen molar-refractivity contribution >= 4 is 11.9 Å². The van der Waals surface area contributed by atoms with Gasteiger partial charge in [-0.15, -0.1) is 0 Å². The van der Waals surface area contributed by atoms with Crippen molar-refractivity contribution < 1.29 is 19.1 Å². The van der Waals surface area contributed by atoms with Crippen LogP contribution in [0, 0.1) is 5.92 Å². The van der Waals surface area contributed by atoms with E-state index in [0.717, 1.165) is 23.1 Å². The molecule has 0 aromatic heterocycles. The highest BCUT2D eigenvalue weighted by atomic mass is 16.5. The van der Waals surface area contributed by atoms with Gasteiger partial charge in [0.05, 0.1) is 6.61 Å². The van der Waals surface area contributed by atoms with Crippen LogP contribution in [0.4, 0.5) is 0 Å². The van der Waals surface area contributed by atoms with Crippen molar-refractivity contribution in [3.05, 3.63) is 66.3 Å². The molecule has 0 saturated carbocycles. The molecule has 0 radical (unpaired) electrons. The normalized spacial score (nSPS) is 17.2. The summed E-state index contributed by atoms with van der Waals surface area (Å²) in [7, 11) is 0. The third-order valence-electron chi connectivity index (χ3n) is 4.55. The van der Waals surface area contributed by atoms with Crippen molar-refractivity contribution in [3.63, 3.8) is 0 Å². The van der Waals surface area contributed by atoms with Crippen LogP contribution in [0.25, 0.3) is 0 Å². The van der Waals surface area contributed by atoms with Gasteiger partial charge in [0.25, 0.3) is 0 Å². The first kappa shape index (κ1) is 19.7. The zero-order valence-corrected chi connectivity index (χ0v) is 15.5. The van der Waals surface area contributed by atoms with Crippen molar-refractivity contribution in [2.75, 3.05) is 6.61 Å². The fourth-order valence-electron chi connectivity index (χ4n) is 2.77. The van der Waals surface area contributed by atoms with Gasteiger partial charge < -0.3 is 9.47 Å². The second-order valence-electron chi connectivity index (χ2n) is 6.53. The quantitative estimate of drug-likeness (QED) is 0.372. The van der Waals surface area contributed by atoms with Gasteiger partial charge in [0.1, 0.15) is 11.7 Å². The zero-order chi connectivity index (χ0) is 19.1. The van der Waals surface area contributed by atoms with E-state index in [0.29, 0.717) is 31.1 Å². The molecule has 138 valence electrons. The minimum Gasteiger partial charge on any atom is -0.465 e. The number of carbonyl (C=O) groups excluding carboxylic acids is 2. The van der Waals surface area contributed by atoms with Gasteiger partial charge in [0.2, 0.25) is 0 Å². The average Bonchev–Trinajstić information content (AvgIpc) is 2.97. The standard InChI is InChI=1S/C22H26O4/c1-5-8-17(7-3)21-18-13-16(9-11-19(18)26-22(21)24)10-12-20(23)25-14-15(4)6-2/h5,7-9,11,13,15,21H,1,3,6,10,12,14H2,2,4H3/b17-8+. The Bertz CT molecular complexity index is 730. The number of hydrogen-bond acceptors (Lipinski definition) is 4. The molecule has 0 aliphatic carbocycles. The molecule has 0 bridgehead atoms. The Balaban J connectivity index is 2.08. The SMILES string of the molecule is C=C/C=C(\C=C)C1C(=O)Oc2ccc(CCC(=O)OCC(C)CC)cc21. The Morgan fingerprint density at radius 2 is 2.15 bits per heavy atom. The highest BCUT2D eigenvalue weighted by Gasteiger charge is 2.34. The van der Waals surface area contributed by atoms with Crippen molar-refractivity contribution in [2.45, 2.75) is 39.0 Å². The number of ether oxygens (including phenoxy) is 2. The van der Waals surface area contributed by atoms with E-state index in [9.17, 15) is 9.59 Å². The predicted molar refractivity (Wildman–Crippen MR) is 102 cm³/mol. The van der Waals surface area contributed by atoms with Crippen LogP contribution in [0.1, 0.15) is 43.7 Å². The van der Waals surface area contributed by atoms with Crippen molar-refractivity contribution in [3.8, 4) is 5.75 Å². The summed E-state index contributed by atoms with van der Waals surface area (Å²) in [4.78, 5) is 24.1. The Labute approximate surface area is 155 Å². The molecule has 0 fully saturated rings. The number of esters is 2. The number of allylic oxidation sites excluding steroid dienone is 3. The molecule has 0 saturated heterocycles. The molecule has 1 aromatic carbocycles. The number of rotatable bonds is 9. The van der Waals surface area contributed by atoms with Crippen LogP contribution in [-0.4, -0.2) is 18.5 Å². The molecule has 26 heavy (non-hydrogen) atoms. The third kappa shape index (κ3) is 4.72. The van der Waals surface area contributed by atoms with Crippen molar-refractivity contribution in [1.29, 1.82) is 0 Å². The van der Waals surface area contributed by atoms with Gasteiger partial charge in [0, 0.05) is 12.0 Å². The molecule has 0 spiro atoms. The molecule has 1 aromatic rings. The van der Waals surface area contributed by atoms with E-state index < -0.39 is 5.92 Å². The van der Waals surface area contributed by atoms with E-state index in [1.165, 1.54) is 0 Å². The highest BCUT2D eigenvalue weighted by molar-refractivity contribution is 5.90. The molecule has 4 heteroatoms. The highest BCUT2D eigenvalue weighted by Crippen LogP contribution is 2.40. The van der Waals surface area contributed by atoms with Crippen LogP contribution in [-0.2, 0) is 20.7 Å². The van der Waals surface area contributed by atoms with E-state index in [1.807, 2.05) is 12.1 Å². The molecule has 2 rings (SSSR count). The van der Waals surface area contributed by atoms with Crippen LogP contribution < -0.4 is 4.74 Å². The minimum atomic E-state index is -0.502. The van der Waals surface area contributed by atoms with Crippen LogP contribution in [0.5, 0.6) is 5.75 Å². The summed E-state index contributed by atoms with van der Waals surface area (Å²) < 4.78 is 10.6. The summed E-state index contributed by atoms with van der Waals surface area (Å²) in [6.45, 7) is 12.0. The molecular formula is C22H26O4. The smallest absolute Gasteiger partial charge is 0.323 e. The Hall–Kier alpha value is -2.62. The lowest BCUT2D eigenvalue weighted by molar-refractivity contribution is -0.144. The van der Waals surface area contributed by atoms with Crippen LogP contribution in [0.2, 0.25) is 0 Å². The fourth-order valence-corrected chi connectivity index (χ4v) is 2.77. The lowest BCUT2D eigenvalue weighted by Crippen LogP contribution is -2.12. The number of hydrogen-bond donors (Lipinski definition) is 0. The summed E-state index contributed by atoms with van der Waals surface area (Å²) >= 11 is 0. The van der Waals surface area contributed by atoms with Crippen molar-refractivity contribution in [2.24, 2.45) is 5.92 Å². The average molecular weight is 354 g/mol. The maximum atomic E-state index is 12.2. The molecule has 2 atom stereocenters. The Morgan fingerprint density at radius 1 is 1.38 bits per heavy atom. The van der Waals surface area contributed by atoms with Gasteiger partial charge in [-0.1, -0.05) is 63.8 Å². The minimum absolute atomic E-state index is 0.201. The maximum absolute atomic E-state index is 12.2. The lowest BCUT2D eigenvalue weighted by atomic mass is 9.90. The fraction of sp³-hybridized carbons (Fsp3) is 0.364. The molecule has 2 unspecified atom stereocenters. The first-order chi connectivity index (χ1) is 12.5. The second-order valence-corrected chi connectivity index (χ2v) is 6.53. The van der Waals surface area contributed by atoms with E-state index in [1.54, 1.807) is 24.3 Å². The molecule has 1 aliphatic rings. The third-order valence-corrected chi connectivity index (χ3v) is 4.55. The first-order valence-electron chi connectivity index (χ1n) is 8.95. The van der Waals surface area contributed by atoms with E-state index in [4.69, 9.17) is 9.47 Å². The zero-order valence-electron chi connectivity index (χ0n) is 15.5. The van der Waals surface area contributed by atoms with E-state index in [2.05, 4.69) is 27.0 Å². The van der Waals surface area contributed by atoms with Gasteiger partial charge in [-0.2, -0.15) is 0 Å². The number of benzene rings is 1. The van der Waals surface area contributed by atoms with E-state index >= 15 is 0 Å². The van der Waals surface area contributed by atoms with Crippen LogP contribution in [0.3, 0.4) is 0 Å². The van der Waals surface area contributed by atoms with Crippen LogP contribution >= 0.6 is 0 Å². The summed E-state index contributed by atoms with van der Waals surface area (Å²) in [5, 5.41) is 0. The second kappa shape index (κ2) is 9.18. The molecule has 1 heterocycles. The van der Waals surface area contributed by atoms with Crippen molar-refractivity contribution in [1.82, 2.24) is 0 Å². The summed E-state index contributed by atoms with van der Waals surface area (Å²) in [6, 6.07) is 5.58. The molecular weight excluding hydrogens is 328 g/mol. The van der Waals surface area contributed by atoms with Gasteiger partial charge >= 0.3 is 11.9 Å². The van der Waals surface area contributed by atoms with Gasteiger partial charge in [-0.3, -0.25) is 9.59 Å². The van der Waals surface area contributed by atoms with Gasteiger partial charge in [0.15, 0.2) is 0 Å². The Morgan fingerprint density at radius 3 is 2.81 bits per heavy atom. The predicted octanol–water partition coefficient (Wildman–Crippen LogP) is 4.51. The monoisotopic (exact) mass is 354 g/mol. The number of fused-ring (bicyclic) bond motifs is 1. The molecule has 0 N–H and O–H groups in total. The number of aryl methyl sites for hydroxylation is 1. The topological polar surface area (TPSA) is 52.6 Å².